The van der Waals surface area contributed by atoms with Gasteiger partial charge in [-0.3, -0.25) is 24.5 Å². The lowest BCUT2D eigenvalue weighted by Gasteiger charge is -2.20. The van der Waals surface area contributed by atoms with Crippen LogP contribution >= 0.6 is 15.9 Å². The van der Waals surface area contributed by atoms with Crippen LogP contribution in [0.3, 0.4) is 0 Å². The van der Waals surface area contributed by atoms with Crippen LogP contribution in [0.1, 0.15) is 41.5 Å². The topological polar surface area (TPSA) is 126 Å². The summed E-state index contributed by atoms with van der Waals surface area (Å²) < 4.78 is 0.769. The Morgan fingerprint density at radius 3 is 2.77 bits per heavy atom. The van der Waals surface area contributed by atoms with Crippen LogP contribution < -0.4 is 16.5 Å². The van der Waals surface area contributed by atoms with Crippen molar-refractivity contribution in [3.63, 3.8) is 0 Å². The van der Waals surface area contributed by atoms with E-state index in [-0.39, 0.29) is 11.6 Å². The monoisotopic (exact) mass is 487 g/mol. The van der Waals surface area contributed by atoms with Crippen molar-refractivity contribution >= 4 is 39.1 Å². The zero-order valence-corrected chi connectivity index (χ0v) is 19.1. The molecule has 0 radical (unpaired) electrons. The maximum absolute atomic E-state index is 12.7. The third kappa shape index (κ3) is 5.86. The minimum atomic E-state index is -0.539. The Morgan fingerprint density at radius 1 is 1.32 bits per heavy atom. The number of aryl methyl sites for hydroxylation is 1. The lowest BCUT2D eigenvalue weighted by Crippen LogP contribution is -2.36. The third-order valence-electron chi connectivity index (χ3n) is 5.29. The fourth-order valence-electron chi connectivity index (χ4n) is 3.46. The van der Waals surface area contributed by atoms with Gasteiger partial charge in [0.05, 0.1) is 22.6 Å². The molecule has 0 bridgehead atoms. The molecule has 3 heterocycles. The van der Waals surface area contributed by atoms with E-state index in [9.17, 15) is 9.59 Å². The molecule has 1 saturated heterocycles. The first kappa shape index (κ1) is 22.8. The molecule has 1 aliphatic heterocycles. The normalized spacial score (nSPS) is 16.9. The number of hydrazone groups is 1. The van der Waals surface area contributed by atoms with Gasteiger partial charge in [0, 0.05) is 36.0 Å². The first-order valence-electron chi connectivity index (χ1n) is 10.1. The van der Waals surface area contributed by atoms with Crippen molar-refractivity contribution in [3.8, 4) is 0 Å². The molecule has 1 atom stereocenters. The van der Waals surface area contributed by atoms with Gasteiger partial charge in [0.2, 0.25) is 0 Å². The Kier molecular flexibility index (Phi) is 7.69. The number of nitrogens with two attached hydrogens (primary N) is 1. The minimum absolute atomic E-state index is 0.0264. The number of carbonyl (C=O) groups excluding carboxylic acids is 2. The van der Waals surface area contributed by atoms with Crippen LogP contribution in [-0.2, 0) is 4.79 Å². The van der Waals surface area contributed by atoms with Crippen LogP contribution in [0.15, 0.2) is 40.2 Å². The van der Waals surface area contributed by atoms with Crippen molar-refractivity contribution in [2.75, 3.05) is 25.0 Å². The van der Waals surface area contributed by atoms with Crippen LogP contribution in [0.5, 0.6) is 0 Å². The third-order valence-corrected chi connectivity index (χ3v) is 5.76. The van der Waals surface area contributed by atoms with E-state index >= 15 is 0 Å². The van der Waals surface area contributed by atoms with E-state index in [0.717, 1.165) is 17.6 Å². The van der Waals surface area contributed by atoms with Crippen molar-refractivity contribution in [2.24, 2.45) is 10.9 Å². The number of amides is 2. The average Bonchev–Trinajstić information content (AvgIpc) is 3.16. The number of likely N-dealkylation sites (tertiary alicyclic amines) is 1. The average molecular weight is 488 g/mol. The molecule has 164 valence electrons. The summed E-state index contributed by atoms with van der Waals surface area (Å²) in [6.45, 7) is 6.38. The first-order valence-corrected chi connectivity index (χ1v) is 10.9. The summed E-state index contributed by atoms with van der Waals surface area (Å²) >= 11 is 3.30. The molecule has 2 aromatic heterocycles. The van der Waals surface area contributed by atoms with Crippen molar-refractivity contribution in [3.05, 3.63) is 52.0 Å². The fraction of sp³-hybridized carbons (Fsp3) is 0.381. The van der Waals surface area contributed by atoms with Gasteiger partial charge in [0.25, 0.3) is 11.8 Å². The lowest BCUT2D eigenvalue weighted by atomic mass is 10.2. The molecule has 10 heteroatoms. The molecular formula is C21H26BrN7O2. The van der Waals surface area contributed by atoms with Gasteiger partial charge >= 0.3 is 0 Å². The highest BCUT2D eigenvalue weighted by atomic mass is 79.9. The quantitative estimate of drug-likeness (QED) is 0.311. The summed E-state index contributed by atoms with van der Waals surface area (Å²) in [5, 5.41) is 9.22. The van der Waals surface area contributed by atoms with Crippen LogP contribution in [0.25, 0.3) is 0 Å². The second-order valence-electron chi connectivity index (χ2n) is 7.43. The first-order chi connectivity index (χ1) is 14.9. The molecule has 1 fully saturated rings. The molecule has 0 saturated carbocycles. The zero-order chi connectivity index (χ0) is 22.4. The molecule has 2 aromatic rings. The van der Waals surface area contributed by atoms with E-state index in [2.05, 4.69) is 53.5 Å². The van der Waals surface area contributed by atoms with Crippen molar-refractivity contribution < 1.29 is 9.59 Å². The number of carbonyl (C=O) groups is 2. The highest BCUT2D eigenvalue weighted by molar-refractivity contribution is 9.10. The summed E-state index contributed by atoms with van der Waals surface area (Å²) in [5.74, 6) is 4.64. The Hall–Kier alpha value is -2.85. The van der Waals surface area contributed by atoms with Gasteiger partial charge in [-0.25, -0.2) is 0 Å². The second-order valence-corrected chi connectivity index (χ2v) is 8.35. The summed E-state index contributed by atoms with van der Waals surface area (Å²) in [5.41, 5.74) is 1.64. The van der Waals surface area contributed by atoms with E-state index < -0.39 is 5.91 Å². The van der Waals surface area contributed by atoms with E-state index in [1.165, 1.54) is 19.0 Å². The van der Waals surface area contributed by atoms with Gasteiger partial charge in [-0.2, -0.15) is 5.10 Å². The molecule has 31 heavy (non-hydrogen) atoms. The van der Waals surface area contributed by atoms with E-state index in [1.807, 2.05) is 0 Å². The molecule has 0 spiro atoms. The number of hydrogen-bond acceptors (Lipinski definition) is 7. The predicted molar refractivity (Wildman–Crippen MR) is 123 cm³/mol. The molecule has 0 aromatic carbocycles. The van der Waals surface area contributed by atoms with Gasteiger partial charge < -0.3 is 16.5 Å². The van der Waals surface area contributed by atoms with E-state index in [1.54, 1.807) is 31.3 Å². The highest BCUT2D eigenvalue weighted by Crippen LogP contribution is 2.17. The fourth-order valence-corrected chi connectivity index (χ4v) is 3.70. The predicted octanol–water partition coefficient (Wildman–Crippen LogP) is 2.06. The number of halogens is 1. The maximum atomic E-state index is 12.7. The smallest absolute Gasteiger partial charge is 0.278 e. The molecule has 0 aliphatic carbocycles. The Bertz CT molecular complexity index is 978. The molecule has 0 unspecified atom stereocenters. The number of nitrogens with one attached hydrogen (secondary N) is 2. The van der Waals surface area contributed by atoms with Crippen molar-refractivity contribution in [1.29, 1.82) is 0 Å². The zero-order valence-electron chi connectivity index (χ0n) is 17.6. The Morgan fingerprint density at radius 2 is 2.13 bits per heavy atom. The number of nitrogens with zero attached hydrogens (tertiary/aromatic N) is 4. The molecule has 9 nitrogen and oxygen atoms in total. The number of anilines is 1. The Labute approximate surface area is 189 Å². The lowest BCUT2D eigenvalue weighted by molar-refractivity contribution is -0.110. The van der Waals surface area contributed by atoms with Gasteiger partial charge in [-0.15, -0.1) is 0 Å². The van der Waals surface area contributed by atoms with Crippen molar-refractivity contribution in [1.82, 2.24) is 20.2 Å². The molecule has 3 rings (SSSR count). The van der Waals surface area contributed by atoms with Gasteiger partial charge in [-0.05, 0) is 67.4 Å². The van der Waals surface area contributed by atoms with Crippen LogP contribution in [-0.4, -0.2) is 58.1 Å². The number of rotatable bonds is 7. The summed E-state index contributed by atoms with van der Waals surface area (Å²) in [4.78, 5) is 36.0. The van der Waals surface area contributed by atoms with Crippen molar-refractivity contribution in [2.45, 2.75) is 32.7 Å². The summed E-state index contributed by atoms with van der Waals surface area (Å²) in [6.07, 6.45) is 5.44. The van der Waals surface area contributed by atoms with E-state index in [0.29, 0.717) is 35.2 Å². The van der Waals surface area contributed by atoms with E-state index in [4.69, 9.17) is 5.84 Å². The summed E-state index contributed by atoms with van der Waals surface area (Å²) in [6, 6.07) is 5.52. The number of pyridine rings is 2. The Balaban J connectivity index is 1.65. The molecule has 2 amide bonds. The molecular weight excluding hydrogens is 462 g/mol. The SMILES string of the molecule is Cc1ncc(C(=O)NCCN2CCC[C@H]2C)cc1NC(=O)C(=NN)c1ccc(Br)cn1. The van der Waals surface area contributed by atoms with Crippen LogP contribution in [0, 0.1) is 6.92 Å². The second kappa shape index (κ2) is 10.5. The number of hydrogen-bond donors (Lipinski definition) is 3. The maximum Gasteiger partial charge on any atom is 0.278 e. The summed E-state index contributed by atoms with van der Waals surface area (Å²) in [7, 11) is 0. The number of aromatic nitrogens is 2. The van der Waals surface area contributed by atoms with Crippen LogP contribution in [0.2, 0.25) is 0 Å². The standard InChI is InChI=1S/C21H26BrN7O2/c1-13-4-3-8-29(13)9-7-24-20(30)15-10-18(14(2)25-11-15)27-21(31)19(28-23)17-6-5-16(22)12-26-17/h5-6,10-13H,3-4,7-9,23H2,1-2H3,(H,24,30)(H,27,31)/t13-/m1/s1. The van der Waals surface area contributed by atoms with Gasteiger partial charge in [0.15, 0.2) is 5.71 Å². The highest BCUT2D eigenvalue weighted by Gasteiger charge is 2.20. The van der Waals surface area contributed by atoms with Gasteiger partial charge in [0.1, 0.15) is 0 Å². The molecule has 1 aliphatic rings. The van der Waals surface area contributed by atoms with Gasteiger partial charge in [-0.1, -0.05) is 0 Å². The minimum Gasteiger partial charge on any atom is -0.351 e. The molecule has 4 N–H and O–H groups in total. The van der Waals surface area contributed by atoms with Crippen LogP contribution in [0.4, 0.5) is 5.69 Å². The largest absolute Gasteiger partial charge is 0.351 e.